The number of amides is 1. The van der Waals surface area contributed by atoms with Crippen molar-refractivity contribution < 1.29 is 32.2 Å². The smallest absolute Gasteiger partial charge is 0.416 e. The van der Waals surface area contributed by atoms with E-state index >= 15 is 0 Å². The number of rotatable bonds is 12. The molecular weight excluding hydrogens is 619 g/mol. The minimum absolute atomic E-state index is 0.179. The average molecular weight is 666 g/mol. The molecule has 0 bridgehead atoms. The van der Waals surface area contributed by atoms with E-state index in [1.807, 2.05) is 24.0 Å². The van der Waals surface area contributed by atoms with E-state index in [4.69, 9.17) is 9.47 Å². The summed E-state index contributed by atoms with van der Waals surface area (Å²) in [6.07, 6.45) is 3.04. The van der Waals surface area contributed by atoms with E-state index in [1.165, 1.54) is 36.6 Å². The molecule has 0 aliphatic carbocycles. The van der Waals surface area contributed by atoms with Gasteiger partial charge in [0, 0.05) is 38.2 Å². The third kappa shape index (κ3) is 9.09. The maximum atomic E-state index is 13.9. The molecule has 10 heteroatoms. The maximum Gasteiger partial charge on any atom is 0.416 e. The van der Waals surface area contributed by atoms with Crippen molar-refractivity contribution in [2.24, 2.45) is 0 Å². The van der Waals surface area contributed by atoms with Gasteiger partial charge in [-0.1, -0.05) is 32.3 Å². The van der Waals surface area contributed by atoms with Crippen molar-refractivity contribution in [3.63, 3.8) is 0 Å². The number of likely N-dealkylation sites (tertiary alicyclic amines) is 1. The van der Waals surface area contributed by atoms with E-state index in [0.717, 1.165) is 55.7 Å². The fourth-order valence-electron chi connectivity index (χ4n) is 6.41. The zero-order valence-corrected chi connectivity index (χ0v) is 28.0. The van der Waals surface area contributed by atoms with Gasteiger partial charge in [-0.15, -0.1) is 0 Å². The van der Waals surface area contributed by atoms with E-state index in [2.05, 4.69) is 4.90 Å². The summed E-state index contributed by atoms with van der Waals surface area (Å²) < 4.78 is 53.3. The zero-order valence-electron chi connectivity index (χ0n) is 28.0. The Kier molecular flexibility index (Phi) is 12.0. The maximum absolute atomic E-state index is 13.9. The molecule has 1 fully saturated rings. The molecule has 0 saturated carbocycles. The molecule has 2 aliphatic heterocycles. The number of hydrogen-bond donors (Lipinski definition) is 0. The van der Waals surface area contributed by atoms with Gasteiger partial charge < -0.3 is 19.3 Å². The Morgan fingerprint density at radius 2 is 1.58 bits per heavy atom. The van der Waals surface area contributed by atoms with Crippen LogP contribution < -0.4 is 19.3 Å². The summed E-state index contributed by atoms with van der Waals surface area (Å²) in [4.78, 5) is 31.8. The van der Waals surface area contributed by atoms with Crippen molar-refractivity contribution in [2.45, 2.75) is 77.9 Å². The van der Waals surface area contributed by atoms with Crippen LogP contribution in [0, 0.1) is 0 Å². The van der Waals surface area contributed by atoms with E-state index in [1.54, 1.807) is 37.3 Å². The van der Waals surface area contributed by atoms with Crippen molar-refractivity contribution in [3.8, 4) is 11.5 Å². The van der Waals surface area contributed by atoms with Crippen LogP contribution in [0.15, 0.2) is 60.7 Å². The number of fused-ring (bicyclic) bond motifs is 1. The number of esters is 1. The molecule has 3 aromatic rings. The number of benzene rings is 3. The SMILES string of the molecule is CCCCC(=O)Oc1ccc2c(c1)CCN(c1ccc(C(F)(F)F)cc1N(CC)C(=O)c1ccc(OCCN3CCCCCC3)cc1)C2. The standard InChI is InChI=1S/C38H46F3N3O4/c1-3-5-10-36(45)48-33-17-13-30-27-43(22-19-29(30)25-33)34-18-14-31(38(39,40)41)26-35(34)44(4-2)37(46)28-11-15-32(16-12-28)47-24-23-42-20-8-6-7-9-21-42/h11-18,25-26H,3-10,19-24,27H2,1-2H3. The van der Waals surface area contributed by atoms with Crippen LogP contribution in [0.5, 0.6) is 11.5 Å². The number of carbonyl (C=O) groups excluding carboxylic acids is 2. The van der Waals surface area contributed by atoms with Gasteiger partial charge in [0.05, 0.1) is 16.9 Å². The molecule has 1 amide bonds. The molecule has 2 heterocycles. The molecular formula is C38H46F3N3O4. The predicted octanol–water partition coefficient (Wildman–Crippen LogP) is 8.29. The van der Waals surface area contributed by atoms with E-state index in [0.29, 0.717) is 55.3 Å². The number of anilines is 2. The lowest BCUT2D eigenvalue weighted by Gasteiger charge is -2.35. The van der Waals surface area contributed by atoms with Crippen molar-refractivity contribution in [1.82, 2.24) is 4.90 Å². The summed E-state index contributed by atoms with van der Waals surface area (Å²) in [6, 6.07) is 16.0. The summed E-state index contributed by atoms with van der Waals surface area (Å²) in [7, 11) is 0. The van der Waals surface area contributed by atoms with Gasteiger partial charge in [-0.3, -0.25) is 14.5 Å². The molecule has 3 aromatic carbocycles. The lowest BCUT2D eigenvalue weighted by Crippen LogP contribution is -2.35. The van der Waals surface area contributed by atoms with Crippen molar-refractivity contribution in [1.29, 1.82) is 0 Å². The van der Waals surface area contributed by atoms with Crippen LogP contribution >= 0.6 is 0 Å². The first-order valence-electron chi connectivity index (χ1n) is 17.2. The highest BCUT2D eigenvalue weighted by molar-refractivity contribution is 6.08. The van der Waals surface area contributed by atoms with Gasteiger partial charge in [-0.05, 0) is 111 Å². The second-order valence-corrected chi connectivity index (χ2v) is 12.6. The number of nitrogens with zero attached hydrogens (tertiary/aromatic N) is 3. The Morgan fingerprint density at radius 1 is 0.854 bits per heavy atom. The van der Waals surface area contributed by atoms with Crippen molar-refractivity contribution in [2.75, 3.05) is 49.1 Å². The molecule has 0 spiro atoms. The molecule has 5 rings (SSSR count). The Balaban J connectivity index is 1.32. The lowest BCUT2D eigenvalue weighted by atomic mass is 9.98. The van der Waals surface area contributed by atoms with Crippen LogP contribution in [-0.2, 0) is 23.9 Å². The van der Waals surface area contributed by atoms with E-state index in [-0.39, 0.29) is 24.1 Å². The molecule has 0 N–H and O–H groups in total. The van der Waals surface area contributed by atoms with Gasteiger partial charge in [-0.2, -0.15) is 13.2 Å². The highest BCUT2D eigenvalue weighted by Gasteiger charge is 2.33. The summed E-state index contributed by atoms with van der Waals surface area (Å²) in [6.45, 7) is 8.48. The van der Waals surface area contributed by atoms with Crippen LogP contribution in [0.2, 0.25) is 0 Å². The van der Waals surface area contributed by atoms with Gasteiger partial charge in [0.1, 0.15) is 18.1 Å². The molecule has 0 unspecified atom stereocenters. The summed E-state index contributed by atoms with van der Waals surface area (Å²) in [5.41, 5.74) is 2.32. The third-order valence-corrected chi connectivity index (χ3v) is 9.13. The molecule has 7 nitrogen and oxygen atoms in total. The molecule has 258 valence electrons. The van der Waals surface area contributed by atoms with Gasteiger partial charge in [0.15, 0.2) is 0 Å². The summed E-state index contributed by atoms with van der Waals surface area (Å²) in [5.74, 6) is 0.490. The third-order valence-electron chi connectivity index (χ3n) is 9.13. The second-order valence-electron chi connectivity index (χ2n) is 12.6. The second kappa shape index (κ2) is 16.4. The Bertz CT molecular complexity index is 1540. The van der Waals surface area contributed by atoms with Gasteiger partial charge in [0.25, 0.3) is 5.91 Å². The molecule has 0 atom stereocenters. The van der Waals surface area contributed by atoms with Crippen molar-refractivity contribution >= 4 is 23.3 Å². The monoisotopic (exact) mass is 665 g/mol. The average Bonchev–Trinajstić information content (AvgIpc) is 3.36. The van der Waals surface area contributed by atoms with Gasteiger partial charge >= 0.3 is 12.1 Å². The number of alkyl halides is 3. The van der Waals surface area contributed by atoms with Crippen LogP contribution in [0.3, 0.4) is 0 Å². The van der Waals surface area contributed by atoms with Gasteiger partial charge in [-0.25, -0.2) is 0 Å². The highest BCUT2D eigenvalue weighted by Crippen LogP contribution is 2.39. The highest BCUT2D eigenvalue weighted by atomic mass is 19.4. The summed E-state index contributed by atoms with van der Waals surface area (Å²) in [5, 5.41) is 0. The first-order chi connectivity index (χ1) is 23.2. The van der Waals surface area contributed by atoms with Crippen LogP contribution in [0.25, 0.3) is 0 Å². The van der Waals surface area contributed by atoms with Crippen LogP contribution in [0.1, 0.15) is 85.8 Å². The first-order valence-corrected chi connectivity index (χ1v) is 17.2. The molecule has 2 aliphatic rings. The Morgan fingerprint density at radius 3 is 2.27 bits per heavy atom. The first kappa shape index (κ1) is 35.3. The zero-order chi connectivity index (χ0) is 34.1. The van der Waals surface area contributed by atoms with E-state index in [9.17, 15) is 22.8 Å². The topological polar surface area (TPSA) is 62.3 Å². The minimum atomic E-state index is -4.57. The number of hydrogen-bond acceptors (Lipinski definition) is 6. The predicted molar refractivity (Wildman–Crippen MR) is 182 cm³/mol. The van der Waals surface area contributed by atoms with Gasteiger partial charge in [0.2, 0.25) is 0 Å². The quantitative estimate of drug-likeness (QED) is 0.143. The van der Waals surface area contributed by atoms with Crippen LogP contribution in [0.4, 0.5) is 24.5 Å². The normalized spacial score (nSPS) is 15.4. The fraction of sp³-hybridized carbons (Fsp3) is 0.474. The molecule has 1 saturated heterocycles. The number of ether oxygens (including phenoxy) is 2. The number of unbranched alkanes of at least 4 members (excludes halogenated alkanes) is 1. The van der Waals surface area contributed by atoms with Crippen LogP contribution in [-0.4, -0.2) is 56.1 Å². The Labute approximate surface area is 281 Å². The molecule has 0 aromatic heterocycles. The molecule has 48 heavy (non-hydrogen) atoms. The van der Waals surface area contributed by atoms with Crippen molar-refractivity contribution in [3.05, 3.63) is 82.9 Å². The lowest BCUT2D eigenvalue weighted by molar-refractivity contribution is -0.137. The number of halogens is 3. The largest absolute Gasteiger partial charge is 0.492 e. The minimum Gasteiger partial charge on any atom is -0.492 e. The molecule has 0 radical (unpaired) electrons. The van der Waals surface area contributed by atoms with E-state index < -0.39 is 11.7 Å². The summed E-state index contributed by atoms with van der Waals surface area (Å²) >= 11 is 0. The Hall–Kier alpha value is -4.05. The number of carbonyl (C=O) groups is 2. The fourth-order valence-corrected chi connectivity index (χ4v) is 6.41.